The molecule has 3 heteroatoms. The Morgan fingerprint density at radius 1 is 1.18 bits per heavy atom. The lowest BCUT2D eigenvalue weighted by Gasteiger charge is -2.27. The van der Waals surface area contributed by atoms with E-state index in [1.807, 2.05) is 0 Å². The van der Waals surface area contributed by atoms with Crippen LogP contribution in [0.5, 0.6) is 11.5 Å². The van der Waals surface area contributed by atoms with Gasteiger partial charge in [-0.05, 0) is 42.5 Å². The first-order valence-corrected chi connectivity index (χ1v) is 6.45. The van der Waals surface area contributed by atoms with Gasteiger partial charge in [-0.1, -0.05) is 19.8 Å². The Morgan fingerprint density at radius 3 is 2.47 bits per heavy atom. The number of rotatable bonds is 2. The Hall–Kier alpha value is -1.22. The Morgan fingerprint density at radius 2 is 1.82 bits per heavy atom. The molecule has 0 unspecified atom stereocenters. The molecule has 1 aromatic rings. The first-order chi connectivity index (χ1) is 8.23. The normalized spacial score (nSPS) is 20.8. The molecule has 0 aromatic heterocycles. The number of ether oxygens (including phenoxy) is 2. The number of nitrogens with two attached hydrogens (primary N) is 1. The van der Waals surface area contributed by atoms with Crippen LogP contribution in [0.2, 0.25) is 0 Å². The predicted octanol–water partition coefficient (Wildman–Crippen LogP) is 2.71. The number of fused-ring (bicyclic) bond motifs is 1. The molecule has 2 N–H and O–H groups in total. The molecule has 0 radical (unpaired) electrons. The molecule has 0 saturated heterocycles. The first kappa shape index (κ1) is 10.9. The first-order valence-electron chi connectivity index (χ1n) is 6.45. The van der Waals surface area contributed by atoms with E-state index in [0.29, 0.717) is 6.79 Å². The Labute approximate surface area is 102 Å². The molecule has 2 aliphatic rings. The fourth-order valence-electron chi connectivity index (χ4n) is 3.02. The van der Waals surface area contributed by atoms with Crippen molar-refractivity contribution in [2.24, 2.45) is 5.73 Å². The van der Waals surface area contributed by atoms with Gasteiger partial charge in [-0.15, -0.1) is 0 Å². The Kier molecular flexibility index (Phi) is 2.51. The monoisotopic (exact) mass is 233 g/mol. The van der Waals surface area contributed by atoms with Crippen LogP contribution in [0.1, 0.15) is 43.7 Å². The molecule has 1 saturated carbocycles. The predicted molar refractivity (Wildman–Crippen MR) is 66.3 cm³/mol. The molecule has 92 valence electrons. The van der Waals surface area contributed by atoms with E-state index in [9.17, 15) is 0 Å². The van der Waals surface area contributed by atoms with Crippen molar-refractivity contribution in [1.82, 2.24) is 0 Å². The van der Waals surface area contributed by atoms with E-state index in [-0.39, 0.29) is 5.54 Å². The van der Waals surface area contributed by atoms with E-state index in [1.165, 1.54) is 24.0 Å². The molecule has 0 bridgehead atoms. The van der Waals surface area contributed by atoms with Crippen LogP contribution in [0.25, 0.3) is 0 Å². The third-order valence-electron chi connectivity index (χ3n) is 4.01. The van der Waals surface area contributed by atoms with E-state index in [1.54, 1.807) is 0 Å². The molecular weight excluding hydrogens is 214 g/mol. The second-order valence-electron chi connectivity index (χ2n) is 5.08. The van der Waals surface area contributed by atoms with Gasteiger partial charge < -0.3 is 15.2 Å². The molecule has 1 aliphatic heterocycles. The van der Waals surface area contributed by atoms with Gasteiger partial charge >= 0.3 is 0 Å². The minimum atomic E-state index is -0.147. The van der Waals surface area contributed by atoms with E-state index in [4.69, 9.17) is 15.2 Å². The van der Waals surface area contributed by atoms with E-state index >= 15 is 0 Å². The molecule has 0 spiro atoms. The van der Waals surface area contributed by atoms with Crippen molar-refractivity contribution in [3.05, 3.63) is 23.3 Å². The third-order valence-corrected chi connectivity index (χ3v) is 4.01. The van der Waals surface area contributed by atoms with Gasteiger partial charge in [0.15, 0.2) is 11.5 Å². The summed E-state index contributed by atoms with van der Waals surface area (Å²) < 4.78 is 10.9. The highest BCUT2D eigenvalue weighted by Crippen LogP contribution is 2.43. The zero-order valence-electron chi connectivity index (χ0n) is 10.3. The lowest BCUT2D eigenvalue weighted by molar-refractivity contribution is 0.174. The van der Waals surface area contributed by atoms with Gasteiger partial charge in [0.2, 0.25) is 6.79 Å². The lowest BCUT2D eigenvalue weighted by Crippen LogP contribution is -2.34. The van der Waals surface area contributed by atoms with Gasteiger partial charge in [-0.3, -0.25) is 0 Å². The molecule has 3 nitrogen and oxygen atoms in total. The third kappa shape index (κ3) is 1.69. The molecule has 17 heavy (non-hydrogen) atoms. The van der Waals surface area contributed by atoms with Crippen molar-refractivity contribution >= 4 is 0 Å². The van der Waals surface area contributed by atoms with Gasteiger partial charge in [0, 0.05) is 5.54 Å². The molecule has 0 atom stereocenters. The van der Waals surface area contributed by atoms with E-state index < -0.39 is 0 Å². The molecule has 1 heterocycles. The highest BCUT2D eigenvalue weighted by molar-refractivity contribution is 5.51. The maximum absolute atomic E-state index is 6.55. The summed E-state index contributed by atoms with van der Waals surface area (Å²) in [5.74, 6) is 1.72. The summed E-state index contributed by atoms with van der Waals surface area (Å²) in [4.78, 5) is 0. The van der Waals surface area contributed by atoms with Gasteiger partial charge in [0.25, 0.3) is 0 Å². The minimum Gasteiger partial charge on any atom is -0.454 e. The summed E-state index contributed by atoms with van der Waals surface area (Å²) in [7, 11) is 0. The topological polar surface area (TPSA) is 44.5 Å². The molecule has 0 amide bonds. The van der Waals surface area contributed by atoms with E-state index in [2.05, 4.69) is 19.1 Å². The van der Waals surface area contributed by atoms with Gasteiger partial charge in [0.05, 0.1) is 0 Å². The van der Waals surface area contributed by atoms with Crippen LogP contribution in [0, 0.1) is 0 Å². The van der Waals surface area contributed by atoms with Gasteiger partial charge in [0.1, 0.15) is 0 Å². The SMILES string of the molecule is CCc1cc2c(cc1C1(N)CCCC1)OCO2. The van der Waals surface area contributed by atoms with Crippen LogP contribution < -0.4 is 15.2 Å². The summed E-state index contributed by atoms with van der Waals surface area (Å²) >= 11 is 0. The van der Waals surface area contributed by atoms with Gasteiger partial charge in [-0.2, -0.15) is 0 Å². The number of hydrogen-bond acceptors (Lipinski definition) is 3. The van der Waals surface area contributed by atoms with Crippen LogP contribution in [-0.4, -0.2) is 6.79 Å². The van der Waals surface area contributed by atoms with Crippen LogP contribution in [0.4, 0.5) is 0 Å². The minimum absolute atomic E-state index is 0.147. The second-order valence-corrected chi connectivity index (χ2v) is 5.08. The molecule has 1 aliphatic carbocycles. The van der Waals surface area contributed by atoms with Crippen molar-refractivity contribution < 1.29 is 9.47 Å². The van der Waals surface area contributed by atoms with Crippen LogP contribution >= 0.6 is 0 Å². The fraction of sp³-hybridized carbons (Fsp3) is 0.571. The van der Waals surface area contributed by atoms with Crippen molar-refractivity contribution in [3.8, 4) is 11.5 Å². The van der Waals surface area contributed by atoms with Crippen molar-refractivity contribution in [2.45, 2.75) is 44.6 Å². The van der Waals surface area contributed by atoms with E-state index in [0.717, 1.165) is 30.8 Å². The number of benzene rings is 1. The molecule has 1 aromatic carbocycles. The van der Waals surface area contributed by atoms with Gasteiger partial charge in [-0.25, -0.2) is 0 Å². The maximum atomic E-state index is 6.55. The number of hydrogen-bond donors (Lipinski definition) is 1. The summed E-state index contributed by atoms with van der Waals surface area (Å²) in [5.41, 5.74) is 8.98. The van der Waals surface area contributed by atoms with Crippen LogP contribution in [0.15, 0.2) is 12.1 Å². The van der Waals surface area contributed by atoms with Crippen LogP contribution in [-0.2, 0) is 12.0 Å². The van der Waals surface area contributed by atoms with Crippen LogP contribution in [0.3, 0.4) is 0 Å². The van der Waals surface area contributed by atoms with Crippen molar-refractivity contribution in [1.29, 1.82) is 0 Å². The Balaban J connectivity index is 2.08. The molecule has 1 fully saturated rings. The van der Waals surface area contributed by atoms with Crippen molar-refractivity contribution in [2.75, 3.05) is 6.79 Å². The maximum Gasteiger partial charge on any atom is 0.231 e. The largest absolute Gasteiger partial charge is 0.454 e. The lowest BCUT2D eigenvalue weighted by atomic mass is 9.85. The highest BCUT2D eigenvalue weighted by Gasteiger charge is 2.34. The highest BCUT2D eigenvalue weighted by atomic mass is 16.7. The fourth-order valence-corrected chi connectivity index (χ4v) is 3.02. The van der Waals surface area contributed by atoms with Crippen molar-refractivity contribution in [3.63, 3.8) is 0 Å². The summed E-state index contributed by atoms with van der Waals surface area (Å²) in [6, 6.07) is 4.21. The molecular formula is C14H19NO2. The average Bonchev–Trinajstić information content (AvgIpc) is 2.95. The molecule has 3 rings (SSSR count). The zero-order chi connectivity index (χ0) is 11.9. The second kappa shape index (κ2) is 3.91. The smallest absolute Gasteiger partial charge is 0.231 e. The summed E-state index contributed by atoms with van der Waals surface area (Å²) in [6.07, 6.45) is 5.62. The zero-order valence-corrected chi connectivity index (χ0v) is 10.3. The Bertz CT molecular complexity index is 436. The summed E-state index contributed by atoms with van der Waals surface area (Å²) in [6.45, 7) is 2.50. The quantitative estimate of drug-likeness (QED) is 0.854. The average molecular weight is 233 g/mol. The number of aryl methyl sites for hydroxylation is 1. The summed E-state index contributed by atoms with van der Waals surface area (Å²) in [5, 5.41) is 0. The standard InChI is InChI=1S/C14H19NO2/c1-2-10-7-12-13(17-9-16-12)8-11(10)14(15)5-3-4-6-14/h7-8H,2-6,9,15H2,1H3.